The molecule has 122 valence electrons. The van der Waals surface area contributed by atoms with Gasteiger partial charge in [0.15, 0.2) is 0 Å². The highest BCUT2D eigenvalue weighted by Crippen LogP contribution is 2.31. The lowest BCUT2D eigenvalue weighted by molar-refractivity contribution is 0.0473. The first-order chi connectivity index (χ1) is 11.6. The smallest absolute Gasteiger partial charge is 0.348 e. The Morgan fingerprint density at radius 1 is 1.33 bits per heavy atom. The first-order valence-corrected chi connectivity index (χ1v) is 9.18. The summed E-state index contributed by atoms with van der Waals surface area (Å²) >= 11 is 4.83. The molecule has 3 aromatic rings. The van der Waals surface area contributed by atoms with Crippen LogP contribution < -0.4 is 5.56 Å². The highest BCUT2D eigenvalue weighted by atomic mass is 79.9. The van der Waals surface area contributed by atoms with Crippen LogP contribution in [0.3, 0.4) is 0 Å². The Hall–Kier alpha value is -1.99. The first-order valence-electron chi connectivity index (χ1n) is 7.57. The molecule has 4 rings (SSSR count). The van der Waals surface area contributed by atoms with Crippen molar-refractivity contribution in [1.82, 2.24) is 9.38 Å². The predicted octanol–water partition coefficient (Wildman–Crippen LogP) is 3.36. The molecule has 0 atom stereocenters. The third kappa shape index (κ3) is 2.89. The minimum atomic E-state index is -0.354. The van der Waals surface area contributed by atoms with Crippen molar-refractivity contribution < 1.29 is 9.53 Å². The molecule has 0 aliphatic heterocycles. The highest BCUT2D eigenvalue weighted by molar-refractivity contribution is 9.10. The largest absolute Gasteiger partial charge is 0.455 e. The topological polar surface area (TPSA) is 60.7 Å². The van der Waals surface area contributed by atoms with Crippen molar-refractivity contribution in [1.29, 1.82) is 0 Å². The molecule has 1 aliphatic rings. The second-order valence-electron chi connectivity index (χ2n) is 5.65. The molecule has 3 aromatic heterocycles. The van der Waals surface area contributed by atoms with Gasteiger partial charge in [0, 0.05) is 21.6 Å². The molecular weight excluding hydrogens is 392 g/mol. The van der Waals surface area contributed by atoms with Gasteiger partial charge in [0.1, 0.15) is 17.1 Å². The van der Waals surface area contributed by atoms with Crippen LogP contribution in [-0.2, 0) is 24.2 Å². The van der Waals surface area contributed by atoms with Crippen LogP contribution in [0.25, 0.3) is 5.65 Å². The molecule has 7 heteroatoms. The number of aromatic nitrogens is 2. The van der Waals surface area contributed by atoms with Gasteiger partial charge in [0.2, 0.25) is 0 Å². The van der Waals surface area contributed by atoms with Crippen LogP contribution in [0.15, 0.2) is 39.7 Å². The Morgan fingerprint density at radius 2 is 2.21 bits per heavy atom. The van der Waals surface area contributed by atoms with Gasteiger partial charge in [-0.1, -0.05) is 0 Å². The van der Waals surface area contributed by atoms with E-state index in [0.29, 0.717) is 16.2 Å². The van der Waals surface area contributed by atoms with E-state index in [1.54, 1.807) is 12.3 Å². The zero-order chi connectivity index (χ0) is 16.7. The van der Waals surface area contributed by atoms with Crippen molar-refractivity contribution in [2.45, 2.75) is 25.9 Å². The Labute approximate surface area is 150 Å². The van der Waals surface area contributed by atoms with E-state index >= 15 is 0 Å². The number of halogens is 1. The van der Waals surface area contributed by atoms with Crippen LogP contribution in [0.2, 0.25) is 0 Å². The molecule has 0 unspecified atom stereocenters. The number of hydrogen-bond acceptors (Lipinski definition) is 5. The van der Waals surface area contributed by atoms with Crippen molar-refractivity contribution in [3.63, 3.8) is 0 Å². The van der Waals surface area contributed by atoms with E-state index in [-0.39, 0.29) is 18.1 Å². The molecule has 0 radical (unpaired) electrons. The average molecular weight is 405 g/mol. The number of hydrogen-bond donors (Lipinski definition) is 0. The summed E-state index contributed by atoms with van der Waals surface area (Å²) in [5, 5.41) is 0. The monoisotopic (exact) mass is 404 g/mol. The quantitative estimate of drug-likeness (QED) is 0.627. The Balaban J connectivity index is 1.52. The Morgan fingerprint density at radius 3 is 3.04 bits per heavy atom. The summed E-state index contributed by atoms with van der Waals surface area (Å²) in [5.74, 6) is -0.354. The van der Waals surface area contributed by atoms with Gasteiger partial charge in [-0.05, 0) is 59.0 Å². The number of thiophene rings is 1. The Bertz CT molecular complexity index is 987. The van der Waals surface area contributed by atoms with Crippen LogP contribution in [0.1, 0.15) is 32.2 Å². The molecule has 0 amide bonds. The Kier molecular flexibility index (Phi) is 3.97. The molecule has 24 heavy (non-hydrogen) atoms. The molecule has 0 N–H and O–H groups in total. The molecule has 5 nitrogen and oxygen atoms in total. The normalized spacial score (nSPS) is 13.2. The summed E-state index contributed by atoms with van der Waals surface area (Å²) in [6.45, 7) is -0.0107. The minimum Gasteiger partial charge on any atom is -0.455 e. The van der Waals surface area contributed by atoms with E-state index in [1.165, 1.54) is 32.2 Å². The van der Waals surface area contributed by atoms with E-state index in [1.807, 2.05) is 12.1 Å². The van der Waals surface area contributed by atoms with Gasteiger partial charge in [-0.3, -0.25) is 9.20 Å². The highest BCUT2D eigenvalue weighted by Gasteiger charge is 2.19. The summed E-state index contributed by atoms with van der Waals surface area (Å²) in [6, 6.07) is 6.86. The molecule has 0 spiro atoms. The van der Waals surface area contributed by atoms with Crippen molar-refractivity contribution in [3.05, 3.63) is 66.3 Å². The number of fused-ring (bicyclic) bond motifs is 2. The van der Waals surface area contributed by atoms with Crippen LogP contribution in [-0.4, -0.2) is 15.4 Å². The number of pyridine rings is 1. The molecule has 0 aromatic carbocycles. The van der Waals surface area contributed by atoms with Gasteiger partial charge in [-0.15, -0.1) is 11.3 Å². The fraction of sp³-hybridized carbons (Fsp3) is 0.235. The summed E-state index contributed by atoms with van der Waals surface area (Å²) in [6.07, 6.45) is 4.91. The number of ether oxygens (including phenoxy) is 1. The van der Waals surface area contributed by atoms with Crippen molar-refractivity contribution in [2.24, 2.45) is 0 Å². The molecule has 0 bridgehead atoms. The van der Waals surface area contributed by atoms with E-state index in [0.717, 1.165) is 23.7 Å². The number of rotatable bonds is 3. The van der Waals surface area contributed by atoms with E-state index in [2.05, 4.69) is 20.9 Å². The fourth-order valence-electron chi connectivity index (χ4n) is 2.84. The van der Waals surface area contributed by atoms with Crippen LogP contribution >= 0.6 is 27.3 Å². The van der Waals surface area contributed by atoms with Gasteiger partial charge in [-0.2, -0.15) is 0 Å². The molecule has 0 saturated carbocycles. The summed E-state index contributed by atoms with van der Waals surface area (Å²) in [5.41, 5.74) is 2.02. The lowest BCUT2D eigenvalue weighted by atomic mass is 10.2. The third-order valence-corrected chi connectivity index (χ3v) is 5.66. The average Bonchev–Trinajstić information content (AvgIpc) is 3.15. The van der Waals surface area contributed by atoms with Crippen LogP contribution in [0.4, 0.5) is 0 Å². The number of nitrogens with zero attached hydrogens (tertiary/aromatic N) is 2. The van der Waals surface area contributed by atoms with E-state index in [4.69, 9.17) is 4.74 Å². The van der Waals surface area contributed by atoms with Gasteiger partial charge < -0.3 is 4.74 Å². The van der Waals surface area contributed by atoms with Crippen LogP contribution in [0, 0.1) is 0 Å². The summed E-state index contributed by atoms with van der Waals surface area (Å²) in [4.78, 5) is 30.6. The van der Waals surface area contributed by atoms with E-state index in [9.17, 15) is 9.59 Å². The second kappa shape index (κ2) is 6.14. The number of carbonyl (C=O) groups is 1. The third-order valence-electron chi connectivity index (χ3n) is 3.98. The minimum absolute atomic E-state index is 0.0107. The van der Waals surface area contributed by atoms with Crippen LogP contribution in [0.5, 0.6) is 0 Å². The fourth-order valence-corrected chi connectivity index (χ4v) is 4.32. The maximum atomic E-state index is 12.2. The number of aryl methyl sites for hydroxylation is 2. The number of esters is 1. The first kappa shape index (κ1) is 15.5. The van der Waals surface area contributed by atoms with Gasteiger partial charge in [0.05, 0.1) is 5.69 Å². The maximum Gasteiger partial charge on any atom is 0.348 e. The molecule has 0 saturated heterocycles. The standard InChI is InChI=1S/C17H13BrN2O3S/c18-11-4-5-15-19-12(7-16(21)20(15)8-11)9-23-17(22)14-6-10-2-1-3-13(10)24-14/h4-8H,1-3,9H2. The van der Waals surface area contributed by atoms with Gasteiger partial charge in [-0.25, -0.2) is 9.78 Å². The van der Waals surface area contributed by atoms with Crippen molar-refractivity contribution >= 4 is 38.9 Å². The van der Waals surface area contributed by atoms with Gasteiger partial charge in [0.25, 0.3) is 5.56 Å². The second-order valence-corrected chi connectivity index (χ2v) is 7.70. The maximum absolute atomic E-state index is 12.2. The lowest BCUT2D eigenvalue weighted by Gasteiger charge is -2.05. The molecule has 1 aliphatic carbocycles. The SMILES string of the molecule is O=C(OCc1cc(=O)n2cc(Br)ccc2n1)c1cc2c(s1)CCC2. The van der Waals surface area contributed by atoms with Gasteiger partial charge >= 0.3 is 5.97 Å². The lowest BCUT2D eigenvalue weighted by Crippen LogP contribution is -2.16. The van der Waals surface area contributed by atoms with Crippen molar-refractivity contribution in [3.8, 4) is 0 Å². The summed E-state index contributed by atoms with van der Waals surface area (Å²) < 4.78 is 7.57. The molecule has 0 fully saturated rings. The summed E-state index contributed by atoms with van der Waals surface area (Å²) in [7, 11) is 0. The predicted molar refractivity (Wildman–Crippen MR) is 94.6 cm³/mol. The zero-order valence-corrected chi connectivity index (χ0v) is 15.0. The zero-order valence-electron chi connectivity index (χ0n) is 12.6. The number of carbonyl (C=O) groups excluding carboxylic acids is 1. The van der Waals surface area contributed by atoms with E-state index < -0.39 is 0 Å². The molecule has 3 heterocycles. The van der Waals surface area contributed by atoms with Crippen molar-refractivity contribution in [2.75, 3.05) is 0 Å². The molecular formula is C17H13BrN2O3S.